The number of aromatic nitrogens is 2. The molecule has 2 aromatic heterocycles. The fourth-order valence-corrected chi connectivity index (χ4v) is 4.64. The van der Waals surface area contributed by atoms with E-state index in [1.54, 1.807) is 49.6 Å². The van der Waals surface area contributed by atoms with E-state index in [1.165, 1.54) is 18.0 Å². The van der Waals surface area contributed by atoms with Crippen LogP contribution in [-0.2, 0) is 4.74 Å². The molecule has 0 amide bonds. The highest BCUT2D eigenvalue weighted by Crippen LogP contribution is 2.34. The lowest BCUT2D eigenvalue weighted by Crippen LogP contribution is -2.20. The summed E-state index contributed by atoms with van der Waals surface area (Å²) >= 11 is 0. The molecule has 0 saturated carbocycles. The Kier molecular flexibility index (Phi) is 7.33. The van der Waals surface area contributed by atoms with Gasteiger partial charge in [0.15, 0.2) is 5.82 Å². The normalized spacial score (nSPS) is 11.4. The molecule has 5 rings (SSSR count). The molecular weight excluding hydrogens is 506 g/mol. The van der Waals surface area contributed by atoms with Gasteiger partial charge in [0, 0.05) is 11.1 Å². The Morgan fingerprint density at radius 1 is 1.00 bits per heavy atom. The molecule has 0 aliphatic heterocycles. The molecule has 0 unspecified atom stereocenters. The zero-order chi connectivity index (χ0) is 28.4. The molecule has 0 radical (unpaired) electrons. The standard InChI is InChI=1S/C32H29N3O5/c1-19(2)25-17-26(20(3)16-29(25)38-4)30-34-27-13-9-8-12-24(27)31(36)35(30)33-18-21-14-15-28(40-21)22-10-6-7-11-23(22)32(37)39-5/h6-19H,1-5H3. The van der Waals surface area contributed by atoms with E-state index in [1.807, 2.05) is 37.3 Å². The van der Waals surface area contributed by atoms with Gasteiger partial charge in [0.05, 0.1) is 36.9 Å². The smallest absolute Gasteiger partial charge is 0.338 e. The first-order chi connectivity index (χ1) is 19.3. The lowest BCUT2D eigenvalue weighted by molar-refractivity contribution is 0.0601. The maximum Gasteiger partial charge on any atom is 0.338 e. The van der Waals surface area contributed by atoms with Gasteiger partial charge < -0.3 is 13.9 Å². The minimum atomic E-state index is -0.462. The highest BCUT2D eigenvalue weighted by molar-refractivity contribution is 5.96. The number of furan rings is 1. The average molecular weight is 536 g/mol. The van der Waals surface area contributed by atoms with Gasteiger partial charge in [-0.3, -0.25) is 4.79 Å². The molecule has 0 spiro atoms. The van der Waals surface area contributed by atoms with Gasteiger partial charge in [0.25, 0.3) is 5.56 Å². The zero-order valence-electron chi connectivity index (χ0n) is 23.0. The highest BCUT2D eigenvalue weighted by atomic mass is 16.5. The minimum Gasteiger partial charge on any atom is -0.496 e. The van der Waals surface area contributed by atoms with Crippen molar-refractivity contribution >= 4 is 23.1 Å². The monoisotopic (exact) mass is 535 g/mol. The van der Waals surface area contributed by atoms with Crippen LogP contribution in [0.15, 0.2) is 87.1 Å². The molecule has 2 heterocycles. The fourth-order valence-electron chi connectivity index (χ4n) is 4.64. The Balaban J connectivity index is 1.64. The molecule has 0 saturated heterocycles. The maximum atomic E-state index is 13.7. The van der Waals surface area contributed by atoms with Crippen molar-refractivity contribution in [1.29, 1.82) is 0 Å². The van der Waals surface area contributed by atoms with Gasteiger partial charge in [0.2, 0.25) is 0 Å². The number of methoxy groups -OCH3 is 2. The van der Waals surface area contributed by atoms with E-state index in [0.29, 0.717) is 39.4 Å². The number of rotatable bonds is 7. The number of esters is 1. The molecule has 0 bridgehead atoms. The molecule has 40 heavy (non-hydrogen) atoms. The largest absolute Gasteiger partial charge is 0.496 e. The summed E-state index contributed by atoms with van der Waals surface area (Å²) in [6.45, 7) is 6.13. The summed E-state index contributed by atoms with van der Waals surface area (Å²) in [5, 5.41) is 4.99. The second-order valence-corrected chi connectivity index (χ2v) is 9.62. The molecule has 8 heteroatoms. The van der Waals surface area contributed by atoms with Crippen LogP contribution in [-0.4, -0.2) is 36.1 Å². The lowest BCUT2D eigenvalue weighted by Gasteiger charge is -2.17. The summed E-state index contributed by atoms with van der Waals surface area (Å²) in [4.78, 5) is 30.8. The molecule has 3 aromatic carbocycles. The van der Waals surface area contributed by atoms with E-state index in [9.17, 15) is 9.59 Å². The second-order valence-electron chi connectivity index (χ2n) is 9.62. The average Bonchev–Trinajstić information content (AvgIpc) is 3.44. The third kappa shape index (κ3) is 4.91. The number of nitrogens with zero attached hydrogens (tertiary/aromatic N) is 3. The number of hydrogen-bond acceptors (Lipinski definition) is 7. The van der Waals surface area contributed by atoms with Gasteiger partial charge in [-0.05, 0) is 66.4 Å². The van der Waals surface area contributed by atoms with Gasteiger partial charge in [-0.2, -0.15) is 9.78 Å². The van der Waals surface area contributed by atoms with E-state index in [2.05, 4.69) is 18.9 Å². The summed E-state index contributed by atoms with van der Waals surface area (Å²) in [5.41, 5.74) is 3.92. The SMILES string of the molecule is COC(=O)c1ccccc1-c1ccc(C=Nn2c(-c3cc(C(C)C)c(OC)cc3C)nc3ccccc3c2=O)o1. The van der Waals surface area contributed by atoms with E-state index in [0.717, 1.165) is 22.4 Å². The first-order valence-corrected chi connectivity index (χ1v) is 12.8. The summed E-state index contributed by atoms with van der Waals surface area (Å²) < 4.78 is 17.8. The van der Waals surface area contributed by atoms with Gasteiger partial charge in [-0.15, -0.1) is 0 Å². The van der Waals surface area contributed by atoms with Crippen LogP contribution < -0.4 is 10.3 Å². The number of aryl methyl sites for hydroxylation is 1. The van der Waals surface area contributed by atoms with E-state index >= 15 is 0 Å². The minimum absolute atomic E-state index is 0.188. The molecule has 0 fully saturated rings. The maximum absolute atomic E-state index is 13.7. The zero-order valence-corrected chi connectivity index (χ0v) is 23.0. The van der Waals surface area contributed by atoms with Crippen molar-refractivity contribution in [2.45, 2.75) is 26.7 Å². The number of carbonyl (C=O) groups is 1. The molecular formula is C32H29N3O5. The topological polar surface area (TPSA) is 95.9 Å². The van der Waals surface area contributed by atoms with Crippen molar-refractivity contribution in [1.82, 2.24) is 9.66 Å². The summed E-state index contributed by atoms with van der Waals surface area (Å²) in [7, 11) is 2.98. The second kappa shape index (κ2) is 11.0. The van der Waals surface area contributed by atoms with Crippen molar-refractivity contribution in [2.75, 3.05) is 14.2 Å². The first kappa shape index (κ1) is 26.6. The van der Waals surface area contributed by atoms with Crippen LogP contribution in [0.3, 0.4) is 0 Å². The number of para-hydroxylation sites is 1. The Labute approximate surface area is 231 Å². The molecule has 0 N–H and O–H groups in total. The summed E-state index contributed by atoms with van der Waals surface area (Å²) in [5.74, 6) is 1.79. The van der Waals surface area contributed by atoms with E-state index in [-0.39, 0.29) is 11.5 Å². The number of benzene rings is 3. The van der Waals surface area contributed by atoms with E-state index in [4.69, 9.17) is 18.9 Å². The Bertz CT molecular complexity index is 1810. The molecule has 0 aliphatic rings. The van der Waals surface area contributed by atoms with Crippen LogP contribution >= 0.6 is 0 Å². The Morgan fingerprint density at radius 2 is 1.75 bits per heavy atom. The highest BCUT2D eigenvalue weighted by Gasteiger charge is 2.19. The third-order valence-electron chi connectivity index (χ3n) is 6.72. The van der Waals surface area contributed by atoms with Gasteiger partial charge in [-0.1, -0.05) is 44.2 Å². The van der Waals surface area contributed by atoms with Crippen molar-refractivity contribution in [3.05, 3.63) is 106 Å². The number of fused-ring (bicyclic) bond motifs is 1. The van der Waals surface area contributed by atoms with Crippen molar-refractivity contribution in [3.8, 4) is 28.5 Å². The van der Waals surface area contributed by atoms with Gasteiger partial charge in [0.1, 0.15) is 17.3 Å². The predicted molar refractivity (Wildman–Crippen MR) is 155 cm³/mol. The quantitative estimate of drug-likeness (QED) is 0.176. The molecule has 0 atom stereocenters. The van der Waals surface area contributed by atoms with Crippen LogP contribution in [0, 0.1) is 6.92 Å². The molecule has 202 valence electrons. The Hall–Kier alpha value is -4.98. The van der Waals surface area contributed by atoms with Crippen LogP contribution in [0.4, 0.5) is 0 Å². The Morgan fingerprint density at radius 3 is 2.50 bits per heavy atom. The van der Waals surface area contributed by atoms with Crippen molar-refractivity contribution in [2.24, 2.45) is 5.10 Å². The van der Waals surface area contributed by atoms with Crippen LogP contribution in [0.2, 0.25) is 0 Å². The van der Waals surface area contributed by atoms with Gasteiger partial charge in [-0.25, -0.2) is 9.78 Å². The van der Waals surface area contributed by atoms with Crippen molar-refractivity contribution < 1.29 is 18.7 Å². The molecule has 5 aromatic rings. The number of hydrogen-bond donors (Lipinski definition) is 0. The first-order valence-electron chi connectivity index (χ1n) is 12.8. The van der Waals surface area contributed by atoms with Crippen LogP contribution in [0.25, 0.3) is 33.6 Å². The van der Waals surface area contributed by atoms with Crippen LogP contribution in [0.5, 0.6) is 5.75 Å². The molecule has 8 nitrogen and oxygen atoms in total. The van der Waals surface area contributed by atoms with Gasteiger partial charge >= 0.3 is 5.97 Å². The lowest BCUT2D eigenvalue weighted by atomic mass is 9.96. The predicted octanol–water partition coefficient (Wildman–Crippen LogP) is 6.43. The number of ether oxygens (including phenoxy) is 2. The summed E-state index contributed by atoms with van der Waals surface area (Å²) in [6.07, 6.45) is 1.47. The van der Waals surface area contributed by atoms with Crippen LogP contribution in [0.1, 0.15) is 47.0 Å². The molecule has 0 aliphatic carbocycles. The number of carbonyl (C=O) groups excluding carboxylic acids is 1. The van der Waals surface area contributed by atoms with E-state index < -0.39 is 5.97 Å². The third-order valence-corrected chi connectivity index (χ3v) is 6.72. The summed E-state index contributed by atoms with van der Waals surface area (Å²) in [6, 6.07) is 21.6. The fraction of sp³-hybridized carbons (Fsp3) is 0.188. The van der Waals surface area contributed by atoms with Crippen molar-refractivity contribution in [3.63, 3.8) is 0 Å².